The van der Waals surface area contributed by atoms with Crippen LogP contribution in [0.4, 0.5) is 5.69 Å². The Kier molecular flexibility index (Phi) is 5.07. The van der Waals surface area contributed by atoms with Gasteiger partial charge in [-0.15, -0.1) is 5.10 Å². The number of carbonyl (C=O) groups is 1. The summed E-state index contributed by atoms with van der Waals surface area (Å²) in [7, 11) is 0. The van der Waals surface area contributed by atoms with E-state index in [9.17, 15) is 4.79 Å². The molecule has 0 atom stereocenters. The lowest BCUT2D eigenvalue weighted by atomic mass is 10.0. The molecule has 1 N–H and O–H groups in total. The molecule has 3 heterocycles. The largest absolute Gasteiger partial charge is 0.486 e. The van der Waals surface area contributed by atoms with Crippen LogP contribution in [0, 0.1) is 6.92 Å². The van der Waals surface area contributed by atoms with Crippen LogP contribution in [0.15, 0.2) is 73.1 Å². The highest BCUT2D eigenvalue weighted by molar-refractivity contribution is 6.13. The van der Waals surface area contributed by atoms with E-state index in [0.29, 0.717) is 41.7 Å². The fourth-order valence-electron chi connectivity index (χ4n) is 4.17. The molecule has 0 radical (unpaired) electrons. The van der Waals surface area contributed by atoms with Gasteiger partial charge in [0.25, 0.3) is 5.91 Å². The van der Waals surface area contributed by atoms with E-state index in [2.05, 4.69) is 20.8 Å². The van der Waals surface area contributed by atoms with Crippen molar-refractivity contribution in [1.29, 1.82) is 0 Å². The number of hydrogen-bond acceptors (Lipinski definition) is 7. The Bertz CT molecular complexity index is 1570. The second-order valence-corrected chi connectivity index (χ2v) is 8.14. The van der Waals surface area contributed by atoms with E-state index < -0.39 is 0 Å². The van der Waals surface area contributed by atoms with Gasteiger partial charge in [0.1, 0.15) is 19.5 Å². The van der Waals surface area contributed by atoms with Gasteiger partial charge >= 0.3 is 0 Å². The number of rotatable bonds is 4. The molecule has 0 fully saturated rings. The van der Waals surface area contributed by atoms with Crippen molar-refractivity contribution in [2.75, 3.05) is 18.5 Å². The number of aryl methyl sites for hydroxylation is 1. The van der Waals surface area contributed by atoms with Crippen molar-refractivity contribution in [3.8, 4) is 28.4 Å². The smallest absolute Gasteiger partial charge is 0.256 e. The number of benzene rings is 3. The maximum absolute atomic E-state index is 13.4. The summed E-state index contributed by atoms with van der Waals surface area (Å²) in [5.74, 6) is 1.16. The van der Waals surface area contributed by atoms with Crippen LogP contribution in [0.5, 0.6) is 11.5 Å². The lowest BCUT2D eigenvalue weighted by Crippen LogP contribution is -2.15. The van der Waals surface area contributed by atoms with Crippen molar-refractivity contribution >= 4 is 22.5 Å². The van der Waals surface area contributed by atoms with E-state index in [0.717, 1.165) is 27.7 Å². The molecule has 0 unspecified atom stereocenters. The first-order valence-corrected chi connectivity index (χ1v) is 11.1. The first-order chi connectivity index (χ1) is 17.2. The average molecular weight is 464 g/mol. The van der Waals surface area contributed by atoms with Gasteiger partial charge in [-0.25, -0.2) is 9.67 Å². The zero-order valence-electron chi connectivity index (χ0n) is 18.8. The Balaban J connectivity index is 1.36. The number of nitrogens with one attached hydrogen (secondary N) is 1. The molecule has 9 nitrogen and oxygen atoms in total. The second-order valence-electron chi connectivity index (χ2n) is 8.14. The fourth-order valence-corrected chi connectivity index (χ4v) is 4.17. The number of para-hydroxylation sites is 1. The van der Waals surface area contributed by atoms with Gasteiger partial charge in [-0.1, -0.05) is 18.2 Å². The number of amides is 1. The molecule has 35 heavy (non-hydrogen) atoms. The van der Waals surface area contributed by atoms with Crippen LogP contribution in [0.1, 0.15) is 15.9 Å². The molecule has 172 valence electrons. The molecule has 6 rings (SSSR count). The number of carbonyl (C=O) groups excluding carboxylic acids is 1. The number of ether oxygens (including phenoxy) is 2. The number of anilines is 1. The minimum atomic E-state index is -0.225. The molecule has 0 bridgehead atoms. The highest BCUT2D eigenvalue weighted by Crippen LogP contribution is 2.35. The molecule has 0 saturated heterocycles. The summed E-state index contributed by atoms with van der Waals surface area (Å²) >= 11 is 0. The van der Waals surface area contributed by atoms with Crippen LogP contribution < -0.4 is 14.8 Å². The summed E-state index contributed by atoms with van der Waals surface area (Å²) in [5.41, 5.74) is 5.21. The standard InChI is InChI=1S/C26H20N6O3/c1-16-12-18(7-8-23(16)32-15-27-30-31-32)28-26(33)20-14-22(29-21-5-3-2-4-19(20)21)17-6-9-24-25(13-17)35-11-10-34-24/h2-9,12-15H,10-11H2,1H3,(H,28,33). The summed E-state index contributed by atoms with van der Waals surface area (Å²) in [6.07, 6.45) is 1.53. The summed E-state index contributed by atoms with van der Waals surface area (Å²) in [5, 5.41) is 15.1. The van der Waals surface area contributed by atoms with Crippen LogP contribution in [-0.4, -0.2) is 44.3 Å². The van der Waals surface area contributed by atoms with Gasteiger partial charge in [0.15, 0.2) is 11.5 Å². The van der Waals surface area contributed by atoms with Crippen molar-refractivity contribution in [1.82, 2.24) is 25.2 Å². The van der Waals surface area contributed by atoms with E-state index in [1.165, 1.54) is 6.33 Å². The molecule has 0 saturated carbocycles. The van der Waals surface area contributed by atoms with Gasteiger partial charge in [0.05, 0.1) is 22.5 Å². The molecule has 1 amide bonds. The Morgan fingerprint density at radius 3 is 2.66 bits per heavy atom. The van der Waals surface area contributed by atoms with Crippen LogP contribution in [0.3, 0.4) is 0 Å². The second kappa shape index (κ2) is 8.53. The van der Waals surface area contributed by atoms with Crippen molar-refractivity contribution in [2.45, 2.75) is 6.92 Å². The molecule has 0 spiro atoms. The number of hydrogen-bond donors (Lipinski definition) is 1. The zero-order chi connectivity index (χ0) is 23.8. The van der Waals surface area contributed by atoms with E-state index in [1.54, 1.807) is 4.68 Å². The Morgan fingerprint density at radius 2 is 1.83 bits per heavy atom. The van der Waals surface area contributed by atoms with E-state index in [4.69, 9.17) is 14.5 Å². The highest BCUT2D eigenvalue weighted by Gasteiger charge is 2.17. The number of tetrazole rings is 1. The number of pyridine rings is 1. The number of fused-ring (bicyclic) bond motifs is 2. The zero-order valence-corrected chi connectivity index (χ0v) is 18.8. The van der Waals surface area contributed by atoms with Crippen LogP contribution in [0.25, 0.3) is 27.8 Å². The molecule has 1 aliphatic heterocycles. The third-order valence-electron chi connectivity index (χ3n) is 5.85. The molecular weight excluding hydrogens is 444 g/mol. The first-order valence-electron chi connectivity index (χ1n) is 11.1. The minimum Gasteiger partial charge on any atom is -0.486 e. The monoisotopic (exact) mass is 464 g/mol. The Labute approximate surface area is 200 Å². The Hall–Kier alpha value is -4.79. The van der Waals surface area contributed by atoms with Crippen molar-refractivity contribution in [2.24, 2.45) is 0 Å². The van der Waals surface area contributed by atoms with Gasteiger partial charge in [0.2, 0.25) is 0 Å². The fraction of sp³-hybridized carbons (Fsp3) is 0.115. The van der Waals surface area contributed by atoms with E-state index >= 15 is 0 Å². The van der Waals surface area contributed by atoms with E-state index in [-0.39, 0.29) is 5.91 Å². The third-order valence-corrected chi connectivity index (χ3v) is 5.85. The molecule has 5 aromatic rings. The predicted molar refractivity (Wildman–Crippen MR) is 130 cm³/mol. The lowest BCUT2D eigenvalue weighted by Gasteiger charge is -2.19. The normalized spacial score (nSPS) is 12.5. The van der Waals surface area contributed by atoms with Crippen LogP contribution in [-0.2, 0) is 0 Å². The van der Waals surface area contributed by atoms with Gasteiger partial charge < -0.3 is 14.8 Å². The molecular formula is C26H20N6O3. The quantitative estimate of drug-likeness (QED) is 0.425. The van der Waals surface area contributed by atoms with E-state index in [1.807, 2.05) is 73.7 Å². The van der Waals surface area contributed by atoms with Crippen molar-refractivity contribution in [3.63, 3.8) is 0 Å². The minimum absolute atomic E-state index is 0.225. The maximum Gasteiger partial charge on any atom is 0.256 e. The molecule has 0 aliphatic carbocycles. The summed E-state index contributed by atoms with van der Waals surface area (Å²) < 4.78 is 12.9. The van der Waals surface area contributed by atoms with Crippen LogP contribution in [0.2, 0.25) is 0 Å². The summed E-state index contributed by atoms with van der Waals surface area (Å²) in [6.45, 7) is 2.97. The van der Waals surface area contributed by atoms with Gasteiger partial charge in [-0.05, 0) is 71.4 Å². The van der Waals surface area contributed by atoms with Gasteiger partial charge in [-0.2, -0.15) is 0 Å². The third kappa shape index (κ3) is 3.93. The maximum atomic E-state index is 13.4. The molecule has 3 aromatic carbocycles. The lowest BCUT2D eigenvalue weighted by molar-refractivity contribution is 0.102. The highest BCUT2D eigenvalue weighted by atomic mass is 16.6. The van der Waals surface area contributed by atoms with Gasteiger partial charge in [-0.3, -0.25) is 4.79 Å². The predicted octanol–water partition coefficient (Wildman–Crippen LogP) is 4.21. The topological polar surface area (TPSA) is 104 Å². The molecule has 1 aliphatic rings. The number of nitrogens with zero attached hydrogens (tertiary/aromatic N) is 5. The summed E-state index contributed by atoms with van der Waals surface area (Å²) in [4.78, 5) is 18.2. The SMILES string of the molecule is Cc1cc(NC(=O)c2cc(-c3ccc4c(c3)OCCO4)nc3ccccc23)ccc1-n1cnnn1. The number of aromatic nitrogens is 5. The average Bonchev–Trinajstić information content (AvgIpc) is 3.42. The van der Waals surface area contributed by atoms with Crippen molar-refractivity contribution < 1.29 is 14.3 Å². The van der Waals surface area contributed by atoms with Gasteiger partial charge in [0, 0.05) is 16.6 Å². The summed E-state index contributed by atoms with van der Waals surface area (Å²) in [6, 6.07) is 20.7. The molecule has 9 heteroatoms. The molecule has 2 aromatic heterocycles. The van der Waals surface area contributed by atoms with Crippen molar-refractivity contribution in [3.05, 3.63) is 84.2 Å². The Morgan fingerprint density at radius 1 is 0.971 bits per heavy atom. The van der Waals surface area contributed by atoms with Crippen LogP contribution >= 0.6 is 0 Å². The first kappa shape index (κ1) is 20.8.